The first-order valence-electron chi connectivity index (χ1n) is 23.1. The topological polar surface area (TPSA) is 230 Å². The van der Waals surface area contributed by atoms with Crippen LogP contribution in [-0.2, 0) is 0 Å². The molecule has 22 nitrogen and oxygen atoms in total. The number of rotatable bonds is 4. The summed E-state index contributed by atoms with van der Waals surface area (Å²) < 4.78 is 0. The molecule has 0 saturated carbocycles. The van der Waals surface area contributed by atoms with Gasteiger partial charge in [0, 0.05) is 37.6 Å². The summed E-state index contributed by atoms with van der Waals surface area (Å²) in [6, 6.07) is 1.21. The van der Waals surface area contributed by atoms with E-state index in [2.05, 4.69) is 136 Å². The van der Waals surface area contributed by atoms with Gasteiger partial charge in [0.15, 0.2) is 23.3 Å². The normalized spacial score (nSPS) is 19.8. The first kappa shape index (κ1) is 105. The Balaban J connectivity index is -0.0000000650. The summed E-state index contributed by atoms with van der Waals surface area (Å²) in [4.78, 5) is 15.1. The zero-order chi connectivity index (χ0) is 46.7. The third-order valence-electron chi connectivity index (χ3n) is 10.8. The molecule has 0 bridgehead atoms. The van der Waals surface area contributed by atoms with Crippen LogP contribution in [0.5, 0.6) is 0 Å². The second kappa shape index (κ2) is 61.4. The monoisotopic (exact) mass is 1250 g/mol. The molecule has 470 valence electrons. The molecule has 0 amide bonds. The Kier molecular flexibility index (Phi) is 82.5. The molecule has 4 aromatic rings. The SMILES string of the molecule is C.C.C.C.C.C.C.C.C.C.CN1CCCC(Br)C1.CN1CCCC(O)C1.C[B]C.C[B]N1CCCC(n2nnc(C)n2)C1.Cc1nn[nH]n1.Cc1nnn(C2CCCN(C)C2)n1.Cc1nnn(C2CCCNC2)n1.P.P.P.P. The van der Waals surface area contributed by atoms with Crippen LogP contribution in [0, 0.1) is 27.7 Å². The number of H-pyrrole nitrogens is 1. The number of likely N-dealkylation sites (N-methyl/N-ethyl adjacent to an activating group) is 2. The van der Waals surface area contributed by atoms with E-state index in [1.807, 2.05) is 48.7 Å². The second-order valence-electron chi connectivity index (χ2n) is 17.2. The van der Waals surface area contributed by atoms with E-state index in [9.17, 15) is 0 Å². The van der Waals surface area contributed by atoms with Crippen molar-refractivity contribution in [3.8, 4) is 0 Å². The number of nitrogens with zero attached hydrogens (tertiary/aromatic N) is 19. The minimum atomic E-state index is -0.0613. The van der Waals surface area contributed by atoms with Crippen molar-refractivity contribution in [1.82, 2.24) is 106 Å². The highest BCUT2D eigenvalue weighted by molar-refractivity contribution is 9.09. The molecule has 5 saturated heterocycles. The van der Waals surface area contributed by atoms with E-state index in [-0.39, 0.29) is 120 Å². The van der Waals surface area contributed by atoms with Gasteiger partial charge in [-0.05, 0) is 161 Å². The molecule has 4 aromatic heterocycles. The molecular formula is C49H130B2BrN21OP4. The molecule has 29 heteroatoms. The number of alkyl halides is 1. The summed E-state index contributed by atoms with van der Waals surface area (Å²) in [5.74, 6) is 2.94. The molecule has 0 aromatic carbocycles. The van der Waals surface area contributed by atoms with E-state index in [4.69, 9.17) is 5.11 Å². The average molecular weight is 1260 g/mol. The highest BCUT2D eigenvalue weighted by atomic mass is 79.9. The van der Waals surface area contributed by atoms with Crippen molar-refractivity contribution in [1.29, 1.82) is 0 Å². The van der Waals surface area contributed by atoms with Gasteiger partial charge in [-0.1, -0.05) is 116 Å². The molecule has 9 atom stereocenters. The Morgan fingerprint density at radius 2 is 0.897 bits per heavy atom. The maximum absolute atomic E-state index is 9.04. The lowest BCUT2D eigenvalue weighted by atomic mass is 9.88. The van der Waals surface area contributed by atoms with Gasteiger partial charge in [-0.15, -0.1) is 40.8 Å². The van der Waals surface area contributed by atoms with Gasteiger partial charge in [0.1, 0.15) is 7.28 Å². The Hall–Kier alpha value is -1.63. The standard InChI is InChI=1S/C8H15BN5.C8H15N5.C7H13N5.C6H12BrN.C6H13NO.C2H6B.C2H4N4.10CH4.4H3P/c1-7-10-12-14(11-7)8-4-3-5-13(6-8)9-2;1-7-9-11-13(10-7)8-4-3-5-12(2)6-8;1-6-9-11-12(10-6)7-3-2-4-8-5-7;1-8-4-2-3-6(7)5-8;1-7-4-2-3-6(8)5-7;1-3-2;1-2-3-5-6-4-2;;;;;;;;;;;;;;/h8H,3-6H2,1-2H3;8H,3-6H2,1-2H3;7-8H,2-5H2,1H3;6H,2-5H2,1H3;6,8H,2-5H2,1H3;1-2H3;1H3,(H,3,4,5,6);10*1H4;4*1H3. The van der Waals surface area contributed by atoms with Crippen LogP contribution in [0.1, 0.15) is 180 Å². The van der Waals surface area contributed by atoms with Crippen molar-refractivity contribution in [2.24, 2.45) is 0 Å². The lowest BCUT2D eigenvalue weighted by Gasteiger charge is -2.30. The molecule has 9 heterocycles. The van der Waals surface area contributed by atoms with Gasteiger partial charge in [-0.25, -0.2) is 0 Å². The lowest BCUT2D eigenvalue weighted by molar-refractivity contribution is 0.0846. The zero-order valence-electron chi connectivity index (χ0n) is 43.3. The predicted octanol–water partition coefficient (Wildman–Crippen LogP) is 8.88. The van der Waals surface area contributed by atoms with Crippen molar-refractivity contribution in [2.45, 2.75) is 216 Å². The van der Waals surface area contributed by atoms with E-state index in [0.717, 1.165) is 93.8 Å². The van der Waals surface area contributed by atoms with Gasteiger partial charge < -0.3 is 29.9 Å². The average Bonchev–Trinajstić information content (AvgIpc) is 4.13. The molecule has 5 fully saturated rings. The summed E-state index contributed by atoms with van der Waals surface area (Å²) in [6.45, 7) is 24.4. The quantitative estimate of drug-likeness (QED) is 0.0984. The van der Waals surface area contributed by atoms with Crippen molar-refractivity contribution < 1.29 is 5.11 Å². The van der Waals surface area contributed by atoms with Gasteiger partial charge in [-0.2, -0.15) is 59.2 Å². The number of β-amino-alcohol motifs (C(OH)–C–C–N with tert-alkyl or cyclic N) is 1. The fraction of sp³-hybridized carbons (Fsp3) is 0.918. The number of hydrogen-bond acceptors (Lipinski definition) is 18. The highest BCUT2D eigenvalue weighted by Gasteiger charge is 2.23. The summed E-state index contributed by atoms with van der Waals surface area (Å²) in [7, 11) is 10.5. The summed E-state index contributed by atoms with van der Waals surface area (Å²) in [6.07, 6.45) is 11.9. The van der Waals surface area contributed by atoms with Crippen molar-refractivity contribution in [2.75, 3.05) is 86.6 Å². The number of hydrogen-bond donors (Lipinski definition) is 3. The number of aryl methyl sites for hydroxylation is 4. The van der Waals surface area contributed by atoms with Crippen molar-refractivity contribution in [3.63, 3.8) is 0 Å². The molecule has 0 aliphatic carbocycles. The van der Waals surface area contributed by atoms with Gasteiger partial charge >= 0.3 is 0 Å². The van der Waals surface area contributed by atoms with Crippen LogP contribution in [0.15, 0.2) is 0 Å². The van der Waals surface area contributed by atoms with Crippen LogP contribution >= 0.6 is 55.5 Å². The largest absolute Gasteiger partial charge is 0.392 e. The molecule has 2 radical (unpaired) electrons. The van der Waals surface area contributed by atoms with Crippen LogP contribution in [0.2, 0.25) is 20.5 Å². The Labute approximate surface area is 504 Å². The number of aliphatic hydroxyl groups excluding tert-OH is 1. The molecule has 3 N–H and O–H groups in total. The van der Waals surface area contributed by atoms with Crippen LogP contribution in [-0.4, -0.2) is 218 Å². The maximum atomic E-state index is 9.04. The third kappa shape index (κ3) is 45.0. The van der Waals surface area contributed by atoms with Gasteiger partial charge in [0.25, 0.3) is 0 Å². The number of likely N-dealkylation sites (tertiary alicyclic amines) is 3. The first-order valence-corrected chi connectivity index (χ1v) is 24.1. The molecule has 78 heavy (non-hydrogen) atoms. The third-order valence-corrected chi connectivity index (χ3v) is 11.6. The number of piperidine rings is 5. The smallest absolute Gasteiger partial charge is 0.205 e. The van der Waals surface area contributed by atoms with Crippen LogP contribution in [0.25, 0.3) is 0 Å². The minimum Gasteiger partial charge on any atom is -0.392 e. The number of aromatic amines is 1. The van der Waals surface area contributed by atoms with E-state index >= 15 is 0 Å². The molecule has 0 spiro atoms. The Morgan fingerprint density at radius 3 is 1.19 bits per heavy atom. The molecule has 9 unspecified atom stereocenters. The van der Waals surface area contributed by atoms with E-state index < -0.39 is 0 Å². The van der Waals surface area contributed by atoms with Gasteiger partial charge in [-0.3, -0.25) is 0 Å². The number of halogens is 1. The predicted molar refractivity (Wildman–Crippen MR) is 366 cm³/mol. The molecule has 5 aliphatic rings. The van der Waals surface area contributed by atoms with Gasteiger partial charge in [0.2, 0.25) is 7.41 Å². The Morgan fingerprint density at radius 1 is 0.500 bits per heavy atom. The number of aliphatic hydroxyl groups is 1. The number of nitrogens with one attached hydrogen (secondary N) is 2. The fourth-order valence-corrected chi connectivity index (χ4v) is 8.40. The first-order chi connectivity index (χ1) is 30.8. The second-order valence-corrected chi connectivity index (χ2v) is 18.5. The van der Waals surface area contributed by atoms with E-state index in [1.165, 1.54) is 58.2 Å². The molecular weight excluding hydrogens is 1120 g/mol. The van der Waals surface area contributed by atoms with Crippen LogP contribution in [0.4, 0.5) is 0 Å². The summed E-state index contributed by atoms with van der Waals surface area (Å²) >= 11 is 3.59. The number of tetrazole rings is 4. The van der Waals surface area contributed by atoms with Gasteiger partial charge in [0.05, 0.1) is 24.2 Å². The zero-order valence-corrected chi connectivity index (χ0v) is 50.6. The molecule has 9 rings (SSSR count). The fourth-order valence-electron chi connectivity index (χ4n) is 7.58. The van der Waals surface area contributed by atoms with Crippen molar-refractivity contribution in [3.05, 3.63) is 23.3 Å². The van der Waals surface area contributed by atoms with E-state index in [1.54, 1.807) is 21.3 Å². The number of aromatic nitrogens is 16. The maximum Gasteiger partial charge on any atom is 0.205 e. The van der Waals surface area contributed by atoms with Crippen molar-refractivity contribution >= 4 is 70.2 Å². The Bertz CT molecular complexity index is 1720. The molecule has 5 aliphatic heterocycles. The van der Waals surface area contributed by atoms with Crippen LogP contribution in [0.3, 0.4) is 0 Å². The summed E-state index contributed by atoms with van der Waals surface area (Å²) in [5, 5.41) is 61.4. The highest BCUT2D eigenvalue weighted by Crippen LogP contribution is 2.20. The minimum absolute atomic E-state index is 0. The summed E-state index contributed by atoms with van der Waals surface area (Å²) in [5.41, 5.74) is 0. The lowest BCUT2D eigenvalue weighted by Crippen LogP contribution is -2.38. The van der Waals surface area contributed by atoms with E-state index in [0.29, 0.717) is 23.9 Å². The van der Waals surface area contributed by atoms with Crippen LogP contribution < -0.4 is 5.32 Å².